The van der Waals surface area contributed by atoms with E-state index in [9.17, 15) is 9.00 Å². The van der Waals surface area contributed by atoms with Gasteiger partial charge in [0.05, 0.1) is 42.2 Å². The number of halogens is 4. The van der Waals surface area contributed by atoms with Crippen molar-refractivity contribution in [2.45, 2.75) is 16.2 Å². The van der Waals surface area contributed by atoms with Crippen molar-refractivity contribution in [2.24, 2.45) is 0 Å². The van der Waals surface area contributed by atoms with E-state index in [-0.39, 0.29) is 31.4 Å². The van der Waals surface area contributed by atoms with Crippen LogP contribution in [-0.4, -0.2) is 15.3 Å². The Bertz CT molecular complexity index is 751. The Morgan fingerprint density at radius 3 is 2.14 bits per heavy atom. The van der Waals surface area contributed by atoms with Gasteiger partial charge >= 0.3 is 5.97 Å². The van der Waals surface area contributed by atoms with Gasteiger partial charge < -0.3 is 5.11 Å². The number of carbonyl (C=O) groups is 1. The second-order valence-electron chi connectivity index (χ2n) is 4.24. The molecule has 0 amide bonds. The summed E-state index contributed by atoms with van der Waals surface area (Å²) in [7, 11) is -1.81. The van der Waals surface area contributed by atoms with Crippen LogP contribution in [0.5, 0.6) is 0 Å². The van der Waals surface area contributed by atoms with Crippen molar-refractivity contribution < 1.29 is 14.1 Å². The van der Waals surface area contributed by atoms with Crippen LogP contribution in [0.2, 0.25) is 20.1 Å². The summed E-state index contributed by atoms with van der Waals surface area (Å²) in [6.07, 6.45) is -0.272. The topological polar surface area (TPSA) is 54.4 Å². The minimum atomic E-state index is -1.81. The fraction of sp³-hybridized carbons (Fsp3) is 0.0714. The van der Waals surface area contributed by atoms with Gasteiger partial charge in [-0.15, -0.1) is 0 Å². The summed E-state index contributed by atoms with van der Waals surface area (Å²) in [5.74, 6) is -1.04. The average Bonchev–Trinajstić information content (AvgIpc) is 2.45. The molecule has 1 atom stereocenters. The molecule has 0 aliphatic heterocycles. The van der Waals surface area contributed by atoms with Crippen LogP contribution in [0.15, 0.2) is 40.1 Å². The van der Waals surface area contributed by atoms with Gasteiger partial charge in [-0.05, 0) is 17.7 Å². The van der Waals surface area contributed by atoms with Gasteiger partial charge in [-0.2, -0.15) is 0 Å². The Kier molecular flexibility index (Phi) is 5.75. The highest BCUT2D eigenvalue weighted by atomic mass is 35.5. The van der Waals surface area contributed by atoms with Gasteiger partial charge in [0, 0.05) is 4.90 Å². The molecule has 0 saturated carbocycles. The highest BCUT2D eigenvalue weighted by Gasteiger charge is 2.22. The van der Waals surface area contributed by atoms with Crippen molar-refractivity contribution in [1.29, 1.82) is 0 Å². The maximum absolute atomic E-state index is 12.8. The molecule has 2 aromatic carbocycles. The largest absolute Gasteiger partial charge is 0.481 e. The lowest BCUT2D eigenvalue weighted by molar-refractivity contribution is -0.136. The van der Waals surface area contributed by atoms with E-state index < -0.39 is 16.8 Å². The fourth-order valence-corrected chi connectivity index (χ4v) is 4.51. The second-order valence-corrected chi connectivity index (χ2v) is 7.20. The fourth-order valence-electron chi connectivity index (χ4n) is 1.82. The number of carboxylic acids is 1. The number of aliphatic carboxylic acids is 1. The lowest BCUT2D eigenvalue weighted by atomic mass is 10.1. The molecule has 0 radical (unpaired) electrons. The molecule has 22 heavy (non-hydrogen) atoms. The van der Waals surface area contributed by atoms with E-state index in [1.54, 1.807) is 24.3 Å². The van der Waals surface area contributed by atoms with Crippen LogP contribution in [0.1, 0.15) is 5.56 Å². The molecule has 0 aliphatic carbocycles. The van der Waals surface area contributed by atoms with E-state index in [1.165, 1.54) is 6.07 Å². The highest BCUT2D eigenvalue weighted by molar-refractivity contribution is 7.85. The summed E-state index contributed by atoms with van der Waals surface area (Å²) < 4.78 is 12.8. The monoisotopic (exact) mass is 396 g/mol. The first-order valence-electron chi connectivity index (χ1n) is 5.87. The van der Waals surface area contributed by atoms with Crippen molar-refractivity contribution in [3.63, 3.8) is 0 Å². The quantitative estimate of drug-likeness (QED) is 0.730. The van der Waals surface area contributed by atoms with Crippen molar-refractivity contribution in [1.82, 2.24) is 0 Å². The standard InChI is InChI=1S/C14H8Cl4O3S/c15-8-6-9(16)13(18)14(12(8)17)22(21)10-4-2-1-3-7(10)5-11(19)20/h1-4,6H,5H2,(H,19,20)/t22-/m1/s1. The van der Waals surface area contributed by atoms with E-state index >= 15 is 0 Å². The number of benzene rings is 2. The van der Waals surface area contributed by atoms with Crippen LogP contribution >= 0.6 is 46.4 Å². The predicted molar refractivity (Wildman–Crippen MR) is 88.9 cm³/mol. The zero-order chi connectivity index (χ0) is 16.4. The molecule has 2 aromatic rings. The lowest BCUT2D eigenvalue weighted by Crippen LogP contribution is -2.06. The molecule has 0 spiro atoms. The minimum absolute atomic E-state index is 0.0273. The van der Waals surface area contributed by atoms with Gasteiger partial charge in [-0.25, -0.2) is 4.21 Å². The van der Waals surface area contributed by atoms with Gasteiger partial charge in [0.15, 0.2) is 0 Å². The molecule has 8 heteroatoms. The molecule has 0 heterocycles. The first-order valence-corrected chi connectivity index (χ1v) is 8.53. The molecule has 0 saturated heterocycles. The van der Waals surface area contributed by atoms with E-state index in [2.05, 4.69) is 0 Å². The molecule has 0 bridgehead atoms. The highest BCUT2D eigenvalue weighted by Crippen LogP contribution is 2.41. The van der Waals surface area contributed by atoms with Crippen molar-refractivity contribution in [3.05, 3.63) is 56.0 Å². The third-order valence-electron chi connectivity index (χ3n) is 2.77. The number of rotatable bonds is 4. The molecular formula is C14H8Cl4O3S. The molecule has 0 unspecified atom stereocenters. The third kappa shape index (κ3) is 3.58. The summed E-state index contributed by atoms with van der Waals surface area (Å²) in [5.41, 5.74) is 0.400. The summed E-state index contributed by atoms with van der Waals surface area (Å²) in [6, 6.07) is 7.79. The first kappa shape index (κ1) is 17.6. The third-order valence-corrected chi connectivity index (χ3v) is 6.15. The normalized spacial score (nSPS) is 12.2. The van der Waals surface area contributed by atoms with Gasteiger partial charge in [0.2, 0.25) is 0 Å². The summed E-state index contributed by atoms with van der Waals surface area (Å²) in [6.45, 7) is 0. The maximum atomic E-state index is 12.8. The molecule has 0 fully saturated rings. The summed E-state index contributed by atoms with van der Waals surface area (Å²) in [4.78, 5) is 11.3. The maximum Gasteiger partial charge on any atom is 0.307 e. The molecule has 116 valence electrons. The van der Waals surface area contributed by atoms with Crippen LogP contribution in [0.4, 0.5) is 0 Å². The van der Waals surface area contributed by atoms with E-state index in [4.69, 9.17) is 51.5 Å². The average molecular weight is 398 g/mol. The SMILES string of the molecule is O=C(O)Cc1ccccc1[S@@](=O)c1c(Cl)c(Cl)cc(Cl)c1Cl. The molecule has 1 N–H and O–H groups in total. The number of carboxylic acid groups (broad SMARTS) is 1. The first-order chi connectivity index (χ1) is 10.3. The van der Waals surface area contributed by atoms with Crippen LogP contribution < -0.4 is 0 Å². The number of hydrogen-bond acceptors (Lipinski definition) is 2. The summed E-state index contributed by atoms with van der Waals surface area (Å²) >= 11 is 24.1. The molecule has 2 rings (SSSR count). The van der Waals surface area contributed by atoms with Gasteiger partial charge in [0.25, 0.3) is 0 Å². The van der Waals surface area contributed by atoms with Crippen molar-refractivity contribution >= 4 is 63.2 Å². The minimum Gasteiger partial charge on any atom is -0.481 e. The number of hydrogen-bond donors (Lipinski definition) is 1. The molecule has 0 aliphatic rings. The Morgan fingerprint density at radius 2 is 1.59 bits per heavy atom. The Morgan fingerprint density at radius 1 is 1.05 bits per heavy atom. The van der Waals surface area contributed by atoms with Crippen molar-refractivity contribution in [2.75, 3.05) is 0 Å². The van der Waals surface area contributed by atoms with Gasteiger partial charge in [-0.1, -0.05) is 64.6 Å². The zero-order valence-electron chi connectivity index (χ0n) is 10.8. The van der Waals surface area contributed by atoms with Crippen LogP contribution in [0.25, 0.3) is 0 Å². The van der Waals surface area contributed by atoms with Crippen LogP contribution in [0, 0.1) is 0 Å². The Labute approximate surface area is 149 Å². The van der Waals surface area contributed by atoms with E-state index in [0.29, 0.717) is 10.5 Å². The Balaban J connectivity index is 2.62. The molecule has 0 aromatic heterocycles. The molecule has 3 nitrogen and oxygen atoms in total. The van der Waals surface area contributed by atoms with Gasteiger partial charge in [-0.3, -0.25) is 4.79 Å². The predicted octanol–water partition coefficient (Wildman–Crippen LogP) is 5.09. The van der Waals surface area contributed by atoms with Gasteiger partial charge in [0.1, 0.15) is 0 Å². The molecular weight excluding hydrogens is 390 g/mol. The van der Waals surface area contributed by atoms with Crippen LogP contribution in [-0.2, 0) is 22.0 Å². The zero-order valence-corrected chi connectivity index (χ0v) is 14.6. The van der Waals surface area contributed by atoms with Crippen molar-refractivity contribution in [3.8, 4) is 0 Å². The van der Waals surface area contributed by atoms with Crippen LogP contribution in [0.3, 0.4) is 0 Å². The van der Waals surface area contributed by atoms with E-state index in [0.717, 1.165) is 0 Å². The smallest absolute Gasteiger partial charge is 0.307 e. The lowest BCUT2D eigenvalue weighted by Gasteiger charge is -2.12. The summed E-state index contributed by atoms with van der Waals surface area (Å²) in [5, 5.41) is 9.24. The Hall–Kier alpha value is -0.780. The van der Waals surface area contributed by atoms with E-state index in [1.807, 2.05) is 0 Å². The second kappa shape index (κ2) is 7.20.